The van der Waals surface area contributed by atoms with E-state index in [1.165, 1.54) is 23.9 Å². The molecular weight excluding hydrogens is 481 g/mol. The molecular formula is C20H17F3N4O2S3. The number of hydrogen-bond donors (Lipinski definition) is 2. The quantitative estimate of drug-likeness (QED) is 0.313. The molecule has 3 aromatic rings. The van der Waals surface area contributed by atoms with Gasteiger partial charge >= 0.3 is 6.18 Å². The average Bonchev–Trinajstić information content (AvgIpc) is 3.20. The molecule has 0 radical (unpaired) electrons. The summed E-state index contributed by atoms with van der Waals surface area (Å²) in [4.78, 5) is 24.0. The highest BCUT2D eigenvalue weighted by Gasteiger charge is 2.30. The Bertz CT molecular complexity index is 1040. The second-order valence-corrected chi connectivity index (χ2v) is 9.50. The second-order valence-electron chi connectivity index (χ2n) is 6.31. The minimum Gasteiger partial charge on any atom is -0.325 e. The van der Waals surface area contributed by atoms with Gasteiger partial charge in [0.1, 0.15) is 0 Å². The fourth-order valence-electron chi connectivity index (χ4n) is 2.38. The smallest absolute Gasteiger partial charge is 0.325 e. The highest BCUT2D eigenvalue weighted by molar-refractivity contribution is 8.01. The van der Waals surface area contributed by atoms with Crippen molar-refractivity contribution in [2.24, 2.45) is 0 Å². The first kappa shape index (κ1) is 24.1. The van der Waals surface area contributed by atoms with Crippen molar-refractivity contribution in [2.45, 2.75) is 16.3 Å². The standard InChI is InChI=1S/C20H17F3N4O2S3/c21-20(22,23)14-6-8-15(9-7-14)24-17(29)12-31-19-27-26-18(32-19)25-16(28)11-30-10-13-4-2-1-3-5-13/h1-9H,10-12H2,(H,24,29)(H,25,26,28). The van der Waals surface area contributed by atoms with Crippen molar-refractivity contribution in [2.75, 3.05) is 22.1 Å². The van der Waals surface area contributed by atoms with Crippen LogP contribution in [-0.4, -0.2) is 33.5 Å². The third kappa shape index (κ3) is 7.84. The lowest BCUT2D eigenvalue weighted by atomic mass is 10.2. The lowest BCUT2D eigenvalue weighted by molar-refractivity contribution is -0.137. The molecule has 0 spiro atoms. The maximum Gasteiger partial charge on any atom is 0.416 e. The van der Waals surface area contributed by atoms with E-state index in [2.05, 4.69) is 20.8 Å². The summed E-state index contributed by atoms with van der Waals surface area (Å²) in [6.45, 7) is 0. The van der Waals surface area contributed by atoms with Gasteiger partial charge in [-0.25, -0.2) is 0 Å². The molecule has 0 aliphatic rings. The zero-order valence-corrected chi connectivity index (χ0v) is 18.8. The van der Waals surface area contributed by atoms with Crippen LogP contribution in [0, 0.1) is 0 Å². The zero-order valence-electron chi connectivity index (χ0n) is 16.4. The SMILES string of the molecule is O=C(CSc1nnc(NC(=O)CSCc2ccccc2)s1)Nc1ccc(C(F)(F)F)cc1. The summed E-state index contributed by atoms with van der Waals surface area (Å²) >= 11 is 3.73. The summed E-state index contributed by atoms with van der Waals surface area (Å²) in [5, 5.41) is 13.3. The monoisotopic (exact) mass is 498 g/mol. The summed E-state index contributed by atoms with van der Waals surface area (Å²) in [6, 6.07) is 14.0. The van der Waals surface area contributed by atoms with Crippen LogP contribution in [0.4, 0.5) is 24.0 Å². The Balaban J connectivity index is 1.39. The number of carbonyl (C=O) groups is 2. The predicted octanol–water partition coefficient (Wildman–Crippen LogP) is 5.16. The van der Waals surface area contributed by atoms with Crippen LogP contribution >= 0.6 is 34.9 Å². The molecule has 6 nitrogen and oxygen atoms in total. The van der Waals surface area contributed by atoms with Crippen LogP contribution in [0.15, 0.2) is 58.9 Å². The molecule has 168 valence electrons. The molecule has 0 fully saturated rings. The van der Waals surface area contributed by atoms with Crippen LogP contribution in [0.3, 0.4) is 0 Å². The molecule has 2 amide bonds. The Hall–Kier alpha value is -2.57. The number of carbonyl (C=O) groups excluding carboxylic acids is 2. The fraction of sp³-hybridized carbons (Fsp3) is 0.200. The summed E-state index contributed by atoms with van der Waals surface area (Å²) in [6.07, 6.45) is -4.43. The number of thioether (sulfide) groups is 2. The number of anilines is 2. The third-order valence-corrected chi connectivity index (χ3v) is 6.80. The molecule has 0 aliphatic carbocycles. The molecule has 0 bridgehead atoms. The van der Waals surface area contributed by atoms with Crippen molar-refractivity contribution in [1.82, 2.24) is 10.2 Å². The van der Waals surface area contributed by atoms with Crippen molar-refractivity contribution in [3.8, 4) is 0 Å². The first-order valence-corrected chi connectivity index (χ1v) is 12.1. The van der Waals surface area contributed by atoms with Gasteiger partial charge in [-0.3, -0.25) is 14.9 Å². The first-order chi connectivity index (χ1) is 15.3. The molecule has 2 aromatic carbocycles. The van der Waals surface area contributed by atoms with E-state index in [-0.39, 0.29) is 23.1 Å². The van der Waals surface area contributed by atoms with Crippen molar-refractivity contribution in [1.29, 1.82) is 0 Å². The largest absolute Gasteiger partial charge is 0.416 e. The Labute approximate surface area is 194 Å². The van der Waals surface area contributed by atoms with Gasteiger partial charge in [0.15, 0.2) is 4.34 Å². The number of halogens is 3. The number of nitrogens with one attached hydrogen (secondary N) is 2. The Morgan fingerprint density at radius 3 is 2.28 bits per heavy atom. The molecule has 0 unspecified atom stereocenters. The molecule has 2 N–H and O–H groups in total. The summed E-state index contributed by atoms with van der Waals surface area (Å²) in [7, 11) is 0. The number of rotatable bonds is 9. The Kier molecular flexibility index (Phi) is 8.53. The first-order valence-electron chi connectivity index (χ1n) is 9.14. The summed E-state index contributed by atoms with van der Waals surface area (Å²) < 4.78 is 38.2. The molecule has 0 saturated heterocycles. The van der Waals surface area contributed by atoms with E-state index in [1.54, 1.807) is 0 Å². The van der Waals surface area contributed by atoms with Gasteiger partial charge in [0.05, 0.1) is 17.1 Å². The van der Waals surface area contributed by atoms with Gasteiger partial charge in [0.25, 0.3) is 0 Å². The van der Waals surface area contributed by atoms with Crippen molar-refractivity contribution < 1.29 is 22.8 Å². The van der Waals surface area contributed by atoms with Crippen LogP contribution < -0.4 is 10.6 Å². The molecule has 0 aliphatic heterocycles. The van der Waals surface area contributed by atoms with E-state index in [4.69, 9.17) is 0 Å². The van der Waals surface area contributed by atoms with E-state index in [0.717, 1.165) is 46.5 Å². The number of benzene rings is 2. The van der Waals surface area contributed by atoms with Crippen LogP contribution in [-0.2, 0) is 21.5 Å². The average molecular weight is 499 g/mol. The van der Waals surface area contributed by atoms with Gasteiger partial charge in [0.2, 0.25) is 16.9 Å². The molecule has 32 heavy (non-hydrogen) atoms. The lowest BCUT2D eigenvalue weighted by Gasteiger charge is -2.08. The van der Waals surface area contributed by atoms with Crippen LogP contribution in [0.25, 0.3) is 0 Å². The Morgan fingerprint density at radius 2 is 1.59 bits per heavy atom. The predicted molar refractivity (Wildman–Crippen MR) is 122 cm³/mol. The summed E-state index contributed by atoms with van der Waals surface area (Å²) in [5.41, 5.74) is 0.614. The van der Waals surface area contributed by atoms with E-state index in [0.29, 0.717) is 9.47 Å². The van der Waals surface area contributed by atoms with E-state index in [1.807, 2.05) is 30.3 Å². The molecule has 1 heterocycles. The molecule has 12 heteroatoms. The van der Waals surface area contributed by atoms with Gasteiger partial charge in [-0.2, -0.15) is 13.2 Å². The normalized spacial score (nSPS) is 11.2. The number of nitrogens with zero attached hydrogens (tertiary/aromatic N) is 2. The van der Waals surface area contributed by atoms with Crippen molar-refractivity contribution >= 4 is 57.5 Å². The second kappa shape index (κ2) is 11.3. The number of aromatic nitrogens is 2. The number of alkyl halides is 3. The van der Waals surface area contributed by atoms with E-state index < -0.39 is 17.6 Å². The maximum atomic E-state index is 12.6. The van der Waals surface area contributed by atoms with Crippen LogP contribution in [0.2, 0.25) is 0 Å². The van der Waals surface area contributed by atoms with Crippen LogP contribution in [0.1, 0.15) is 11.1 Å². The zero-order chi connectivity index (χ0) is 23.0. The third-order valence-electron chi connectivity index (χ3n) is 3.82. The molecule has 1 aromatic heterocycles. The highest BCUT2D eigenvalue weighted by Crippen LogP contribution is 2.30. The number of amides is 2. The molecule has 0 saturated carbocycles. The van der Waals surface area contributed by atoms with Gasteiger partial charge < -0.3 is 5.32 Å². The number of hydrogen-bond acceptors (Lipinski definition) is 7. The van der Waals surface area contributed by atoms with E-state index in [9.17, 15) is 22.8 Å². The van der Waals surface area contributed by atoms with Gasteiger partial charge in [0, 0.05) is 11.4 Å². The lowest BCUT2D eigenvalue weighted by Crippen LogP contribution is -2.14. The van der Waals surface area contributed by atoms with E-state index >= 15 is 0 Å². The van der Waals surface area contributed by atoms with Gasteiger partial charge in [-0.05, 0) is 29.8 Å². The van der Waals surface area contributed by atoms with Gasteiger partial charge in [-0.15, -0.1) is 22.0 Å². The van der Waals surface area contributed by atoms with Crippen LogP contribution in [0.5, 0.6) is 0 Å². The highest BCUT2D eigenvalue weighted by atomic mass is 32.2. The fourth-order valence-corrected chi connectivity index (χ4v) is 4.73. The summed E-state index contributed by atoms with van der Waals surface area (Å²) in [5.74, 6) is 0.397. The minimum absolute atomic E-state index is 0.00344. The van der Waals surface area contributed by atoms with Crippen molar-refractivity contribution in [3.05, 3.63) is 65.7 Å². The molecule has 0 atom stereocenters. The maximum absolute atomic E-state index is 12.6. The molecule has 3 rings (SSSR count). The van der Waals surface area contributed by atoms with Gasteiger partial charge in [-0.1, -0.05) is 53.4 Å². The Morgan fingerprint density at radius 1 is 0.906 bits per heavy atom. The minimum atomic E-state index is -4.43. The van der Waals surface area contributed by atoms with Crippen molar-refractivity contribution in [3.63, 3.8) is 0 Å². The topological polar surface area (TPSA) is 84.0 Å².